The third-order valence-electron chi connectivity index (χ3n) is 1.99. The van der Waals surface area contributed by atoms with Crippen LogP contribution in [0.15, 0.2) is 21.5 Å². The van der Waals surface area contributed by atoms with Gasteiger partial charge in [0.1, 0.15) is 0 Å². The second-order valence-electron chi connectivity index (χ2n) is 3.26. The Morgan fingerprint density at radius 2 is 2.12 bits per heavy atom. The molecule has 0 radical (unpaired) electrons. The van der Waals surface area contributed by atoms with E-state index in [0.29, 0.717) is 15.7 Å². The average Bonchev–Trinajstić information content (AvgIpc) is 2.20. The average molecular weight is 309 g/mol. The van der Waals surface area contributed by atoms with Gasteiger partial charge in [-0.1, -0.05) is 0 Å². The molecule has 1 rings (SSSR count). The minimum atomic E-state index is -3.60. The van der Waals surface area contributed by atoms with Gasteiger partial charge in [0.15, 0.2) is 0 Å². The second-order valence-corrected chi connectivity index (χ2v) is 5.85. The number of anilines is 1. The Hall–Kier alpha value is -0.630. The second kappa shape index (κ2) is 5.13. The summed E-state index contributed by atoms with van der Waals surface area (Å²) in [7, 11) is -3.60. The summed E-state index contributed by atoms with van der Waals surface area (Å²) in [6.45, 7) is 1.42. The summed E-state index contributed by atoms with van der Waals surface area (Å²) < 4.78 is 26.5. The van der Waals surface area contributed by atoms with Crippen molar-refractivity contribution < 1.29 is 13.5 Å². The molecule has 16 heavy (non-hydrogen) atoms. The van der Waals surface area contributed by atoms with E-state index in [2.05, 4.69) is 20.7 Å². The zero-order valence-corrected chi connectivity index (χ0v) is 11.1. The molecule has 0 amide bonds. The number of rotatable bonds is 4. The van der Waals surface area contributed by atoms with E-state index in [9.17, 15) is 8.42 Å². The summed E-state index contributed by atoms with van der Waals surface area (Å²) in [6, 6.07) is 3.03. The quantitative estimate of drug-likeness (QED) is 0.711. The van der Waals surface area contributed by atoms with E-state index >= 15 is 0 Å². The summed E-state index contributed by atoms with van der Waals surface area (Å²) in [6.07, 6.45) is 0. The van der Waals surface area contributed by atoms with Gasteiger partial charge in [-0.2, -0.15) is 0 Å². The third kappa shape index (κ3) is 2.94. The third-order valence-corrected chi connectivity index (χ3v) is 4.28. The lowest BCUT2D eigenvalue weighted by molar-refractivity contribution is 0.301. The largest absolute Gasteiger partial charge is 0.398 e. The molecule has 5 nitrogen and oxygen atoms in total. The number of aliphatic hydroxyl groups excluding tert-OH is 1. The Morgan fingerprint density at radius 3 is 2.69 bits per heavy atom. The van der Waals surface area contributed by atoms with Crippen LogP contribution in [-0.4, -0.2) is 26.7 Å². The molecule has 0 saturated heterocycles. The molecular formula is C9H13BrN2O3S. The van der Waals surface area contributed by atoms with Crippen molar-refractivity contribution in [2.45, 2.75) is 11.8 Å². The maximum Gasteiger partial charge on any atom is 0.240 e. The number of sulfonamides is 1. The van der Waals surface area contributed by atoms with E-state index in [4.69, 9.17) is 10.8 Å². The highest BCUT2D eigenvalue weighted by atomic mass is 79.9. The Kier molecular flexibility index (Phi) is 4.31. The van der Waals surface area contributed by atoms with Gasteiger partial charge in [0.2, 0.25) is 10.0 Å². The monoisotopic (exact) mass is 308 g/mol. The van der Waals surface area contributed by atoms with Crippen molar-refractivity contribution in [2.24, 2.45) is 0 Å². The first-order chi connectivity index (χ1) is 7.38. The topological polar surface area (TPSA) is 92.4 Å². The highest BCUT2D eigenvalue weighted by molar-refractivity contribution is 9.10. The molecule has 0 aliphatic carbocycles. The van der Waals surface area contributed by atoms with Crippen LogP contribution < -0.4 is 10.5 Å². The van der Waals surface area contributed by atoms with Gasteiger partial charge in [0.25, 0.3) is 0 Å². The normalized spacial score (nSPS) is 11.7. The molecule has 4 N–H and O–H groups in total. The van der Waals surface area contributed by atoms with Gasteiger partial charge in [0.05, 0.1) is 11.5 Å². The van der Waals surface area contributed by atoms with E-state index in [0.717, 1.165) is 0 Å². The van der Waals surface area contributed by atoms with Gasteiger partial charge in [0, 0.05) is 16.7 Å². The molecule has 0 fully saturated rings. The minimum absolute atomic E-state index is 0.0161. The summed E-state index contributed by atoms with van der Waals surface area (Å²) >= 11 is 3.22. The predicted molar refractivity (Wildman–Crippen MR) is 65.6 cm³/mol. The summed E-state index contributed by atoms with van der Waals surface area (Å²) in [5.41, 5.74) is 6.57. The number of nitrogens with two attached hydrogens (primary N) is 1. The van der Waals surface area contributed by atoms with Crippen molar-refractivity contribution in [3.8, 4) is 0 Å². The van der Waals surface area contributed by atoms with Gasteiger partial charge in [-0.05, 0) is 40.5 Å². The van der Waals surface area contributed by atoms with Gasteiger partial charge in [-0.3, -0.25) is 0 Å². The fraction of sp³-hybridized carbons (Fsp3) is 0.333. The van der Waals surface area contributed by atoms with Crippen LogP contribution in [0.5, 0.6) is 0 Å². The number of nitrogens with one attached hydrogen (secondary N) is 1. The zero-order chi connectivity index (χ0) is 12.3. The van der Waals surface area contributed by atoms with Crippen molar-refractivity contribution in [3.05, 3.63) is 22.2 Å². The summed E-state index contributed by atoms with van der Waals surface area (Å²) in [5.74, 6) is 0. The Labute approximate surface area is 103 Å². The lowest BCUT2D eigenvalue weighted by Gasteiger charge is -2.10. The van der Waals surface area contributed by atoms with Crippen molar-refractivity contribution in [2.75, 3.05) is 18.9 Å². The van der Waals surface area contributed by atoms with Crippen molar-refractivity contribution in [1.82, 2.24) is 4.72 Å². The molecule has 0 spiro atoms. The molecule has 1 aromatic rings. The number of benzene rings is 1. The van der Waals surface area contributed by atoms with Crippen LogP contribution in [0, 0.1) is 6.92 Å². The highest BCUT2D eigenvalue weighted by Crippen LogP contribution is 2.26. The number of hydrogen-bond acceptors (Lipinski definition) is 4. The predicted octanol–water partition coefficient (Wildman–Crippen LogP) is 0.610. The Balaban J connectivity index is 3.18. The van der Waals surface area contributed by atoms with Crippen molar-refractivity contribution >= 4 is 31.6 Å². The van der Waals surface area contributed by atoms with Crippen LogP contribution in [0.1, 0.15) is 5.56 Å². The molecular weight excluding hydrogens is 296 g/mol. The van der Waals surface area contributed by atoms with E-state index in [1.54, 1.807) is 13.0 Å². The maximum atomic E-state index is 11.8. The zero-order valence-electron chi connectivity index (χ0n) is 8.70. The molecule has 0 heterocycles. The molecule has 0 saturated carbocycles. The Bertz CT molecular complexity index is 488. The van der Waals surface area contributed by atoms with Crippen LogP contribution >= 0.6 is 15.9 Å². The molecule has 90 valence electrons. The number of aliphatic hydroxyl groups is 1. The van der Waals surface area contributed by atoms with Gasteiger partial charge < -0.3 is 10.8 Å². The molecule has 0 aliphatic heterocycles. The molecule has 7 heteroatoms. The van der Waals surface area contributed by atoms with Crippen LogP contribution in [-0.2, 0) is 10.0 Å². The summed E-state index contributed by atoms with van der Waals surface area (Å²) in [4.78, 5) is 0.127. The first-order valence-corrected chi connectivity index (χ1v) is 6.82. The molecule has 0 unspecified atom stereocenters. The first-order valence-electron chi connectivity index (χ1n) is 4.54. The number of halogens is 1. The van der Waals surface area contributed by atoms with Gasteiger partial charge in [-0.25, -0.2) is 13.1 Å². The summed E-state index contributed by atoms with van der Waals surface area (Å²) in [5, 5.41) is 8.59. The molecule has 1 aromatic carbocycles. The smallest absolute Gasteiger partial charge is 0.240 e. The fourth-order valence-electron chi connectivity index (χ4n) is 1.22. The molecule has 0 aromatic heterocycles. The van der Waals surface area contributed by atoms with Gasteiger partial charge in [-0.15, -0.1) is 0 Å². The van der Waals surface area contributed by atoms with Crippen LogP contribution in [0.3, 0.4) is 0 Å². The molecule has 0 aliphatic rings. The van der Waals surface area contributed by atoms with Crippen LogP contribution in [0.2, 0.25) is 0 Å². The van der Waals surface area contributed by atoms with Crippen LogP contribution in [0.4, 0.5) is 5.69 Å². The van der Waals surface area contributed by atoms with E-state index in [1.165, 1.54) is 6.07 Å². The molecule has 0 bridgehead atoms. The van der Waals surface area contributed by atoms with Crippen LogP contribution in [0.25, 0.3) is 0 Å². The lowest BCUT2D eigenvalue weighted by atomic mass is 10.2. The first kappa shape index (κ1) is 13.4. The van der Waals surface area contributed by atoms with E-state index in [1.807, 2.05) is 0 Å². The SMILES string of the molecule is Cc1cc(Br)c(N)cc1S(=O)(=O)NCCO. The minimum Gasteiger partial charge on any atom is -0.398 e. The van der Waals surface area contributed by atoms with E-state index < -0.39 is 10.0 Å². The lowest BCUT2D eigenvalue weighted by Crippen LogP contribution is -2.27. The number of aryl methyl sites for hydroxylation is 1. The number of nitrogen functional groups attached to an aromatic ring is 1. The Morgan fingerprint density at radius 1 is 1.50 bits per heavy atom. The fourth-order valence-corrected chi connectivity index (χ4v) is 2.95. The number of hydrogen-bond donors (Lipinski definition) is 3. The van der Waals surface area contributed by atoms with Crippen molar-refractivity contribution in [1.29, 1.82) is 0 Å². The maximum absolute atomic E-state index is 11.8. The highest BCUT2D eigenvalue weighted by Gasteiger charge is 2.17. The standard InChI is InChI=1S/C9H13BrN2O3S/c1-6-4-7(10)8(11)5-9(6)16(14,15)12-2-3-13/h4-5,12-13H,2-3,11H2,1H3. The van der Waals surface area contributed by atoms with E-state index in [-0.39, 0.29) is 18.0 Å². The molecule has 0 atom stereocenters. The van der Waals surface area contributed by atoms with Crippen molar-refractivity contribution in [3.63, 3.8) is 0 Å². The van der Waals surface area contributed by atoms with Gasteiger partial charge >= 0.3 is 0 Å².